The number of hydrogen-bond donors (Lipinski definition) is 1. The zero-order chi connectivity index (χ0) is 21.4. The van der Waals surface area contributed by atoms with Crippen LogP contribution in [0.25, 0.3) is 0 Å². The molecular weight excluding hydrogens is 392 g/mol. The van der Waals surface area contributed by atoms with Crippen LogP contribution < -0.4 is 19.1 Å². The molecule has 0 bridgehead atoms. The van der Waals surface area contributed by atoms with Crippen LogP contribution in [0.15, 0.2) is 48.5 Å². The molecule has 0 saturated heterocycles. The maximum Gasteiger partial charge on any atom is 0.232 e. The van der Waals surface area contributed by atoms with E-state index in [4.69, 9.17) is 9.47 Å². The van der Waals surface area contributed by atoms with E-state index in [-0.39, 0.29) is 24.9 Å². The minimum absolute atomic E-state index is 0.150. The summed E-state index contributed by atoms with van der Waals surface area (Å²) in [4.78, 5) is 12.4. The lowest BCUT2D eigenvalue weighted by molar-refractivity contribution is -0.121. The third-order valence-electron chi connectivity index (χ3n) is 4.49. The van der Waals surface area contributed by atoms with Crippen molar-refractivity contribution in [2.45, 2.75) is 25.8 Å². The molecule has 1 atom stereocenters. The van der Waals surface area contributed by atoms with Crippen molar-refractivity contribution in [2.24, 2.45) is 0 Å². The van der Waals surface area contributed by atoms with Crippen LogP contribution in [0.4, 0.5) is 5.69 Å². The van der Waals surface area contributed by atoms with Crippen LogP contribution in [0.2, 0.25) is 0 Å². The van der Waals surface area contributed by atoms with Gasteiger partial charge in [-0.2, -0.15) is 0 Å². The van der Waals surface area contributed by atoms with Crippen LogP contribution >= 0.6 is 0 Å². The number of ether oxygens (including phenoxy) is 2. The van der Waals surface area contributed by atoms with Crippen molar-refractivity contribution in [3.63, 3.8) is 0 Å². The van der Waals surface area contributed by atoms with E-state index in [1.54, 1.807) is 31.4 Å². The fourth-order valence-corrected chi connectivity index (χ4v) is 4.01. The third kappa shape index (κ3) is 6.39. The zero-order valence-corrected chi connectivity index (χ0v) is 18.0. The number of carbonyl (C=O) groups is 1. The highest BCUT2D eigenvalue weighted by Crippen LogP contribution is 2.25. The molecule has 1 amide bonds. The summed E-state index contributed by atoms with van der Waals surface area (Å²) in [7, 11) is -0.372. The Morgan fingerprint density at radius 1 is 1.10 bits per heavy atom. The molecule has 0 fully saturated rings. The van der Waals surface area contributed by atoms with E-state index in [1.165, 1.54) is 11.4 Å². The van der Waals surface area contributed by atoms with Crippen molar-refractivity contribution in [3.8, 4) is 11.5 Å². The van der Waals surface area contributed by atoms with Crippen LogP contribution in [0, 0.1) is 0 Å². The number of amides is 1. The molecule has 29 heavy (non-hydrogen) atoms. The van der Waals surface area contributed by atoms with Crippen molar-refractivity contribution in [2.75, 3.05) is 31.3 Å². The summed E-state index contributed by atoms with van der Waals surface area (Å²) in [6.45, 7) is 2.08. The molecule has 0 aromatic heterocycles. The van der Waals surface area contributed by atoms with Gasteiger partial charge in [0, 0.05) is 24.6 Å². The molecule has 8 heteroatoms. The summed E-state index contributed by atoms with van der Waals surface area (Å²) in [6.07, 6.45) is 1.74. The summed E-state index contributed by atoms with van der Waals surface area (Å²) in [5.74, 6) is 1.13. The lowest BCUT2D eigenvalue weighted by atomic mass is 10.1. The molecule has 2 aromatic rings. The summed E-state index contributed by atoms with van der Waals surface area (Å²) < 4.78 is 36.2. The number of carbonyl (C=O) groups excluding carboxylic acids is 1. The van der Waals surface area contributed by atoms with Crippen molar-refractivity contribution < 1.29 is 22.7 Å². The van der Waals surface area contributed by atoms with E-state index < -0.39 is 10.0 Å². The first-order valence-corrected chi connectivity index (χ1v) is 11.1. The molecule has 7 nitrogen and oxygen atoms in total. The van der Waals surface area contributed by atoms with Gasteiger partial charge in [0.05, 0.1) is 32.2 Å². The molecule has 0 spiro atoms. The second-order valence-corrected chi connectivity index (χ2v) is 8.58. The minimum atomic E-state index is -3.49. The van der Waals surface area contributed by atoms with Crippen molar-refractivity contribution in [1.29, 1.82) is 0 Å². The lowest BCUT2D eigenvalue weighted by Crippen LogP contribution is -2.32. The third-order valence-corrected chi connectivity index (χ3v) is 5.68. The first-order valence-electron chi connectivity index (χ1n) is 9.30. The molecule has 0 aliphatic carbocycles. The normalized spacial score (nSPS) is 12.1. The van der Waals surface area contributed by atoms with Crippen LogP contribution in [-0.2, 0) is 14.8 Å². The minimum Gasteiger partial charge on any atom is -0.497 e. The molecular formula is C21H28N2O5S. The van der Waals surface area contributed by atoms with Crippen molar-refractivity contribution in [3.05, 3.63) is 54.1 Å². The quantitative estimate of drug-likeness (QED) is 0.638. The second kappa shape index (κ2) is 10.2. The van der Waals surface area contributed by atoms with Crippen molar-refractivity contribution in [1.82, 2.24) is 5.32 Å². The Kier molecular flexibility index (Phi) is 7.90. The van der Waals surface area contributed by atoms with Gasteiger partial charge >= 0.3 is 0 Å². The number of sulfonamides is 1. The Labute approximate surface area is 172 Å². The van der Waals surface area contributed by atoms with Gasteiger partial charge in [-0.1, -0.05) is 24.3 Å². The van der Waals surface area contributed by atoms with E-state index in [0.717, 1.165) is 11.8 Å². The zero-order valence-electron chi connectivity index (χ0n) is 17.2. The number of rotatable bonds is 10. The van der Waals surface area contributed by atoms with Gasteiger partial charge in [0.2, 0.25) is 15.9 Å². The first kappa shape index (κ1) is 22.5. The number of anilines is 1. The van der Waals surface area contributed by atoms with Gasteiger partial charge in [0.25, 0.3) is 0 Å². The fourth-order valence-electron chi connectivity index (χ4n) is 3.05. The first-order chi connectivity index (χ1) is 13.8. The molecule has 0 aliphatic heterocycles. The smallest absolute Gasteiger partial charge is 0.232 e. The molecule has 1 N–H and O–H groups in total. The largest absolute Gasteiger partial charge is 0.497 e. The number of hydrogen-bond acceptors (Lipinski definition) is 5. The summed E-state index contributed by atoms with van der Waals surface area (Å²) in [5.41, 5.74) is 1.40. The maximum absolute atomic E-state index is 12.4. The van der Waals surface area contributed by atoms with Gasteiger partial charge in [-0.3, -0.25) is 9.10 Å². The van der Waals surface area contributed by atoms with Crippen LogP contribution in [-0.4, -0.2) is 41.3 Å². The lowest BCUT2D eigenvalue weighted by Gasteiger charge is -2.23. The topological polar surface area (TPSA) is 84.9 Å². The number of para-hydroxylation sites is 1. The van der Waals surface area contributed by atoms with E-state index in [0.29, 0.717) is 23.6 Å². The number of nitrogens with one attached hydrogen (secondary N) is 1. The summed E-state index contributed by atoms with van der Waals surface area (Å²) >= 11 is 0. The fraction of sp³-hybridized carbons (Fsp3) is 0.381. The van der Waals surface area contributed by atoms with Gasteiger partial charge in [0.1, 0.15) is 11.5 Å². The highest BCUT2D eigenvalue weighted by atomic mass is 32.2. The van der Waals surface area contributed by atoms with Gasteiger partial charge in [0.15, 0.2) is 0 Å². The number of methoxy groups -OCH3 is 2. The molecule has 0 aliphatic rings. The highest BCUT2D eigenvalue weighted by Gasteiger charge is 2.19. The average molecular weight is 421 g/mol. The molecule has 0 saturated carbocycles. The summed E-state index contributed by atoms with van der Waals surface area (Å²) in [6, 6.07) is 14.1. The molecule has 158 valence electrons. The standard InChI is InChI=1S/C21H28N2O5S/c1-16(19-11-5-6-12-20(19)28-3)22-21(24)13-8-14-23(29(4,25)26)17-9-7-10-18(15-17)27-2/h5-7,9-12,15-16H,8,13-14H2,1-4H3,(H,22,24)/t16-/m1/s1. The highest BCUT2D eigenvalue weighted by molar-refractivity contribution is 7.92. The van der Waals surface area contributed by atoms with Crippen LogP contribution in [0.3, 0.4) is 0 Å². The van der Waals surface area contributed by atoms with E-state index >= 15 is 0 Å². The van der Waals surface area contributed by atoms with E-state index in [1.807, 2.05) is 31.2 Å². The van der Waals surface area contributed by atoms with Gasteiger partial charge in [-0.05, 0) is 31.5 Å². The van der Waals surface area contributed by atoms with Gasteiger partial charge < -0.3 is 14.8 Å². The Bertz CT molecular complexity index is 930. The van der Waals surface area contributed by atoms with Gasteiger partial charge in [-0.25, -0.2) is 8.42 Å². The Morgan fingerprint density at radius 3 is 2.48 bits per heavy atom. The number of benzene rings is 2. The van der Waals surface area contributed by atoms with Crippen LogP contribution in [0.5, 0.6) is 11.5 Å². The molecule has 0 radical (unpaired) electrons. The van der Waals surface area contributed by atoms with E-state index in [9.17, 15) is 13.2 Å². The molecule has 2 aromatic carbocycles. The van der Waals surface area contributed by atoms with Crippen molar-refractivity contribution >= 4 is 21.6 Å². The summed E-state index contributed by atoms with van der Waals surface area (Å²) in [5, 5.41) is 2.93. The molecule has 2 rings (SSSR count). The average Bonchev–Trinajstić information content (AvgIpc) is 2.70. The van der Waals surface area contributed by atoms with Gasteiger partial charge in [-0.15, -0.1) is 0 Å². The monoisotopic (exact) mass is 420 g/mol. The Morgan fingerprint density at radius 2 is 1.83 bits per heavy atom. The predicted octanol–water partition coefficient (Wildman–Crippen LogP) is 3.13. The number of nitrogens with zero attached hydrogens (tertiary/aromatic N) is 1. The SMILES string of the molecule is COc1cccc(N(CCCC(=O)N[C@H](C)c2ccccc2OC)S(C)(=O)=O)c1. The second-order valence-electron chi connectivity index (χ2n) is 6.67. The molecule has 0 heterocycles. The Hall–Kier alpha value is -2.74. The predicted molar refractivity (Wildman–Crippen MR) is 114 cm³/mol. The maximum atomic E-state index is 12.4. The Balaban J connectivity index is 1.97. The van der Waals surface area contributed by atoms with Crippen LogP contribution in [0.1, 0.15) is 31.4 Å². The molecule has 0 unspecified atom stereocenters. The van der Waals surface area contributed by atoms with E-state index in [2.05, 4.69) is 5.32 Å².